The van der Waals surface area contributed by atoms with E-state index in [0.29, 0.717) is 0 Å². The zero-order valence-electron chi connectivity index (χ0n) is 14.2. The zero-order valence-corrected chi connectivity index (χ0v) is 16.2. The molecule has 0 unspecified atom stereocenters. The molecule has 1 fully saturated rings. The number of rotatable bonds is 4. The van der Waals surface area contributed by atoms with Crippen LogP contribution in [0.15, 0.2) is 0 Å². The summed E-state index contributed by atoms with van der Waals surface area (Å²) < 4.78 is 3.06. The summed E-state index contributed by atoms with van der Waals surface area (Å²) in [7, 11) is 0.00660. The molecule has 0 saturated carbocycles. The van der Waals surface area contributed by atoms with E-state index in [9.17, 15) is 0 Å². The molecule has 1 rings (SSSR count). The van der Waals surface area contributed by atoms with Gasteiger partial charge in [-0.25, -0.2) is 0 Å². The summed E-state index contributed by atoms with van der Waals surface area (Å²) in [5.41, 5.74) is 3.59. The van der Waals surface area contributed by atoms with E-state index >= 15 is 0 Å². The van der Waals surface area contributed by atoms with Crippen LogP contribution in [0.4, 0.5) is 0 Å². The van der Waals surface area contributed by atoms with Gasteiger partial charge in [-0.3, -0.25) is 0 Å². The maximum Gasteiger partial charge on any atom is 0.126 e. The highest BCUT2D eigenvalue weighted by molar-refractivity contribution is 6.99. The Bertz CT molecular complexity index is 240. The third-order valence-electron chi connectivity index (χ3n) is 6.17. The molecule has 0 bridgehead atoms. The third kappa shape index (κ3) is 2.06. The molecule has 1 nitrogen and oxygen atoms in total. The Morgan fingerprint density at radius 2 is 0.833 bits per heavy atom. The molecule has 0 aliphatic carbocycles. The van der Waals surface area contributed by atoms with Gasteiger partial charge in [-0.1, -0.05) is 55.4 Å². The van der Waals surface area contributed by atoms with Crippen molar-refractivity contribution < 1.29 is 0 Å². The van der Waals surface area contributed by atoms with Gasteiger partial charge >= 0.3 is 0 Å². The van der Waals surface area contributed by atoms with Gasteiger partial charge in [0.2, 0.25) is 0 Å². The molecule has 0 radical (unpaired) electrons. The molecular formula is C15H35NSi2. The lowest BCUT2D eigenvalue weighted by Gasteiger charge is -2.51. The predicted octanol–water partition coefficient (Wildman–Crippen LogP) is 5.46. The van der Waals surface area contributed by atoms with Crippen LogP contribution >= 0.6 is 0 Å². The van der Waals surface area contributed by atoms with Crippen molar-refractivity contribution in [2.75, 3.05) is 7.05 Å². The highest BCUT2D eigenvalue weighted by Crippen LogP contribution is 2.54. The molecule has 0 aromatic carbocycles. The SMILES string of the molecule is CC(C)[Si]1(C(C)C)CC[Si](C(C)C)(C(C)C)N1C. The molecule has 1 heterocycles. The van der Waals surface area contributed by atoms with Crippen LogP contribution in [0.25, 0.3) is 0 Å². The minimum absolute atomic E-state index is 0.898. The monoisotopic (exact) mass is 285 g/mol. The summed E-state index contributed by atoms with van der Waals surface area (Å²) in [6, 6.07) is 3.11. The lowest BCUT2D eigenvalue weighted by molar-refractivity contribution is 0.640. The van der Waals surface area contributed by atoms with Crippen molar-refractivity contribution in [3.63, 3.8) is 0 Å². The van der Waals surface area contributed by atoms with Crippen molar-refractivity contribution in [3.8, 4) is 0 Å². The standard InChI is InChI=1S/C15H35NSi2/c1-12(2)17(13(3)4)10-11-18(14(5)6,15(7)8)16(17)9/h12-15H,10-11H2,1-9H3. The average Bonchev–Trinajstić information content (AvgIpc) is 2.53. The summed E-state index contributed by atoms with van der Waals surface area (Å²) in [4.78, 5) is 0. The molecule has 18 heavy (non-hydrogen) atoms. The summed E-state index contributed by atoms with van der Waals surface area (Å²) in [5, 5.41) is 0. The van der Waals surface area contributed by atoms with E-state index in [0.717, 1.165) is 22.2 Å². The smallest absolute Gasteiger partial charge is 0.126 e. The van der Waals surface area contributed by atoms with Crippen LogP contribution in [0.3, 0.4) is 0 Å². The predicted molar refractivity (Wildman–Crippen MR) is 89.3 cm³/mol. The van der Waals surface area contributed by atoms with E-state index < -0.39 is 16.5 Å². The van der Waals surface area contributed by atoms with Gasteiger partial charge in [-0.15, -0.1) is 0 Å². The Kier molecular flexibility index (Phi) is 4.94. The molecule has 0 atom stereocenters. The number of hydrogen-bond donors (Lipinski definition) is 0. The molecule has 0 N–H and O–H groups in total. The first kappa shape index (κ1) is 16.4. The molecule has 0 spiro atoms. The van der Waals surface area contributed by atoms with Gasteiger partial charge in [0.05, 0.1) is 0 Å². The fourth-order valence-electron chi connectivity index (χ4n) is 5.16. The van der Waals surface area contributed by atoms with Crippen molar-refractivity contribution in [3.05, 3.63) is 0 Å². The lowest BCUT2D eigenvalue weighted by atomic mass is 10.5. The minimum atomic E-state index is -1.26. The molecule has 1 aliphatic rings. The van der Waals surface area contributed by atoms with Crippen molar-refractivity contribution >= 4 is 16.5 Å². The minimum Gasteiger partial charge on any atom is -0.347 e. The second kappa shape index (κ2) is 5.41. The molecule has 0 aromatic rings. The maximum atomic E-state index is 3.06. The van der Waals surface area contributed by atoms with E-state index in [4.69, 9.17) is 0 Å². The molecular weight excluding hydrogens is 250 g/mol. The molecule has 1 aliphatic heterocycles. The Morgan fingerprint density at radius 1 is 0.611 bits per heavy atom. The summed E-state index contributed by atoms with van der Waals surface area (Å²) in [6.45, 7) is 20.0. The Balaban J connectivity index is 3.26. The Labute approximate surface area is 118 Å². The maximum absolute atomic E-state index is 3.06. The normalized spacial score (nSPS) is 23.8. The second-order valence-electron chi connectivity index (χ2n) is 7.66. The van der Waals surface area contributed by atoms with Crippen LogP contribution in [0.2, 0.25) is 34.3 Å². The summed E-state index contributed by atoms with van der Waals surface area (Å²) in [6.07, 6.45) is 0. The highest BCUT2D eigenvalue weighted by Gasteiger charge is 2.60. The van der Waals surface area contributed by atoms with Crippen LogP contribution in [-0.2, 0) is 0 Å². The molecule has 0 amide bonds. The Morgan fingerprint density at radius 3 is 0.944 bits per heavy atom. The summed E-state index contributed by atoms with van der Waals surface area (Å²) in [5.74, 6) is 0. The van der Waals surface area contributed by atoms with Gasteiger partial charge in [0, 0.05) is 0 Å². The van der Waals surface area contributed by atoms with Gasteiger partial charge < -0.3 is 4.23 Å². The van der Waals surface area contributed by atoms with E-state index in [1.807, 2.05) is 0 Å². The summed E-state index contributed by atoms with van der Waals surface area (Å²) >= 11 is 0. The first-order valence-electron chi connectivity index (χ1n) is 7.88. The van der Waals surface area contributed by atoms with E-state index in [2.05, 4.69) is 66.7 Å². The van der Waals surface area contributed by atoms with Gasteiger partial charge in [0.1, 0.15) is 16.5 Å². The molecule has 1 saturated heterocycles. The van der Waals surface area contributed by atoms with Crippen LogP contribution in [0.5, 0.6) is 0 Å². The second-order valence-corrected chi connectivity index (χ2v) is 19.0. The zero-order chi connectivity index (χ0) is 14.3. The lowest BCUT2D eigenvalue weighted by Crippen LogP contribution is -2.63. The van der Waals surface area contributed by atoms with Crippen molar-refractivity contribution in [2.45, 2.75) is 89.6 Å². The first-order valence-corrected chi connectivity index (χ1v) is 12.5. The fraction of sp³-hybridized carbons (Fsp3) is 1.00. The van der Waals surface area contributed by atoms with Gasteiger partial charge in [-0.05, 0) is 41.3 Å². The van der Waals surface area contributed by atoms with Crippen molar-refractivity contribution in [1.29, 1.82) is 0 Å². The van der Waals surface area contributed by atoms with Crippen LogP contribution in [0.1, 0.15) is 55.4 Å². The van der Waals surface area contributed by atoms with Gasteiger partial charge in [-0.2, -0.15) is 0 Å². The Hall–Kier alpha value is 0.394. The number of nitrogens with zero attached hydrogens (tertiary/aromatic N) is 1. The topological polar surface area (TPSA) is 3.24 Å². The quantitative estimate of drug-likeness (QED) is 0.620. The van der Waals surface area contributed by atoms with Crippen LogP contribution in [0, 0.1) is 0 Å². The fourth-order valence-corrected chi connectivity index (χ4v) is 24.0. The highest BCUT2D eigenvalue weighted by atomic mass is 28.4. The number of hydrogen-bond acceptors (Lipinski definition) is 1. The first-order chi connectivity index (χ1) is 8.14. The van der Waals surface area contributed by atoms with Gasteiger partial charge in [0.25, 0.3) is 0 Å². The third-order valence-corrected chi connectivity index (χ3v) is 21.8. The van der Waals surface area contributed by atoms with Crippen LogP contribution < -0.4 is 0 Å². The van der Waals surface area contributed by atoms with Crippen molar-refractivity contribution in [1.82, 2.24) is 4.23 Å². The largest absolute Gasteiger partial charge is 0.347 e. The average molecular weight is 286 g/mol. The molecule has 3 heteroatoms. The van der Waals surface area contributed by atoms with Crippen LogP contribution in [-0.4, -0.2) is 27.7 Å². The van der Waals surface area contributed by atoms with E-state index in [1.54, 1.807) is 12.1 Å². The van der Waals surface area contributed by atoms with Gasteiger partial charge in [0.15, 0.2) is 0 Å². The van der Waals surface area contributed by atoms with E-state index in [-0.39, 0.29) is 0 Å². The van der Waals surface area contributed by atoms with Crippen molar-refractivity contribution in [2.24, 2.45) is 0 Å². The molecule has 0 aromatic heterocycles. The molecule has 108 valence electrons. The van der Waals surface area contributed by atoms with E-state index in [1.165, 1.54) is 0 Å².